The zero-order valence-corrected chi connectivity index (χ0v) is 28.5. The molecule has 9 aromatic carbocycles. The second-order valence-electron chi connectivity index (χ2n) is 13.4. The Bertz CT molecular complexity index is 2870. The third-order valence-electron chi connectivity index (χ3n) is 10.4. The van der Waals surface area contributed by atoms with Gasteiger partial charge in [0.1, 0.15) is 0 Å². The van der Waals surface area contributed by atoms with Gasteiger partial charge in [-0.2, -0.15) is 0 Å². The van der Waals surface area contributed by atoms with E-state index in [2.05, 4.69) is 216 Å². The first kappa shape index (κ1) is 30.0. The lowest BCUT2D eigenvalue weighted by atomic mass is 9.93. The van der Waals surface area contributed by atoms with Crippen LogP contribution < -0.4 is 4.90 Å². The molecule has 52 heavy (non-hydrogen) atoms. The smallest absolute Gasteiger partial charge is 0.0547 e. The number of aromatic nitrogens is 1. The Labute approximate surface area is 303 Å². The highest BCUT2D eigenvalue weighted by atomic mass is 15.1. The maximum Gasteiger partial charge on any atom is 0.0547 e. The van der Waals surface area contributed by atoms with Gasteiger partial charge in [-0.1, -0.05) is 140 Å². The summed E-state index contributed by atoms with van der Waals surface area (Å²) in [5, 5.41) is 7.62. The maximum atomic E-state index is 2.38. The molecule has 1 heterocycles. The molecule has 2 heteroatoms. The summed E-state index contributed by atoms with van der Waals surface area (Å²) in [6.07, 6.45) is 0. The standard InChI is InChI=1S/C50H34N2/c1-3-14-39(15-4-1)51(42-30-25-36(26-31-42)48-33-38-13-7-8-18-43(38)44-19-9-10-20-45(44)48)41-28-23-35(24-29-41)37-27-32-47-46-21-11-12-22-49(46)52(50(47)34-37)40-16-5-2-6-17-40/h1-34H. The molecule has 0 aliphatic carbocycles. The molecule has 0 fully saturated rings. The van der Waals surface area contributed by atoms with E-state index in [4.69, 9.17) is 0 Å². The van der Waals surface area contributed by atoms with Crippen LogP contribution in [0.3, 0.4) is 0 Å². The summed E-state index contributed by atoms with van der Waals surface area (Å²) in [5.41, 5.74) is 11.8. The first-order chi connectivity index (χ1) is 25.8. The lowest BCUT2D eigenvalue weighted by Crippen LogP contribution is -2.09. The van der Waals surface area contributed by atoms with Crippen molar-refractivity contribution in [2.45, 2.75) is 0 Å². The predicted molar refractivity (Wildman–Crippen MR) is 221 cm³/mol. The molecule has 0 aliphatic heterocycles. The number of benzene rings is 9. The molecule has 0 N–H and O–H groups in total. The van der Waals surface area contributed by atoms with Crippen molar-refractivity contribution in [1.82, 2.24) is 4.57 Å². The third kappa shape index (κ3) is 5.04. The van der Waals surface area contributed by atoms with E-state index in [1.165, 1.54) is 71.3 Å². The normalized spacial score (nSPS) is 11.5. The van der Waals surface area contributed by atoms with E-state index in [0.29, 0.717) is 0 Å². The molecule has 0 radical (unpaired) electrons. The fraction of sp³-hybridized carbons (Fsp3) is 0. The number of fused-ring (bicyclic) bond motifs is 6. The molecule has 0 saturated carbocycles. The first-order valence-corrected chi connectivity index (χ1v) is 17.9. The van der Waals surface area contributed by atoms with Crippen molar-refractivity contribution in [3.8, 4) is 27.9 Å². The summed E-state index contributed by atoms with van der Waals surface area (Å²) in [5.74, 6) is 0. The molecule has 0 aliphatic rings. The average molecular weight is 663 g/mol. The molecular weight excluding hydrogens is 629 g/mol. The fourth-order valence-electron chi connectivity index (χ4n) is 7.92. The monoisotopic (exact) mass is 662 g/mol. The van der Waals surface area contributed by atoms with Gasteiger partial charge in [0.25, 0.3) is 0 Å². The highest BCUT2D eigenvalue weighted by Gasteiger charge is 2.16. The highest BCUT2D eigenvalue weighted by molar-refractivity contribution is 6.14. The van der Waals surface area contributed by atoms with Crippen molar-refractivity contribution in [3.63, 3.8) is 0 Å². The zero-order valence-electron chi connectivity index (χ0n) is 28.5. The number of para-hydroxylation sites is 3. The second-order valence-corrected chi connectivity index (χ2v) is 13.4. The minimum absolute atomic E-state index is 1.11. The van der Waals surface area contributed by atoms with Crippen molar-refractivity contribution < 1.29 is 0 Å². The van der Waals surface area contributed by atoms with Crippen molar-refractivity contribution in [2.24, 2.45) is 0 Å². The lowest BCUT2D eigenvalue weighted by molar-refractivity contribution is 1.18. The van der Waals surface area contributed by atoms with E-state index in [0.717, 1.165) is 17.1 Å². The van der Waals surface area contributed by atoms with Gasteiger partial charge < -0.3 is 9.47 Å². The average Bonchev–Trinajstić information content (AvgIpc) is 3.56. The van der Waals surface area contributed by atoms with Crippen LogP contribution in [0.25, 0.3) is 71.3 Å². The van der Waals surface area contributed by atoms with Crippen molar-refractivity contribution in [1.29, 1.82) is 0 Å². The van der Waals surface area contributed by atoms with E-state index in [1.54, 1.807) is 0 Å². The van der Waals surface area contributed by atoms with Crippen LogP contribution in [0.1, 0.15) is 0 Å². The minimum atomic E-state index is 1.11. The summed E-state index contributed by atoms with van der Waals surface area (Å²) in [4.78, 5) is 2.34. The van der Waals surface area contributed by atoms with Gasteiger partial charge >= 0.3 is 0 Å². The SMILES string of the molecule is c1ccc(N(c2ccc(-c3ccc4c5ccccc5n(-c5ccccc5)c4c3)cc2)c2ccc(-c3cc4ccccc4c4ccccc34)cc2)cc1. The Morgan fingerprint density at radius 2 is 0.827 bits per heavy atom. The van der Waals surface area contributed by atoms with Gasteiger partial charge in [0, 0.05) is 33.5 Å². The van der Waals surface area contributed by atoms with Gasteiger partial charge in [0.05, 0.1) is 11.0 Å². The number of anilines is 3. The number of nitrogens with zero attached hydrogens (tertiary/aromatic N) is 2. The Balaban J connectivity index is 1.04. The Morgan fingerprint density at radius 3 is 1.56 bits per heavy atom. The molecule has 0 bridgehead atoms. The van der Waals surface area contributed by atoms with E-state index in [9.17, 15) is 0 Å². The molecule has 0 unspecified atom stereocenters. The van der Waals surface area contributed by atoms with Gasteiger partial charge in [-0.05, 0) is 111 Å². The van der Waals surface area contributed by atoms with Crippen LogP contribution in [-0.2, 0) is 0 Å². The fourth-order valence-corrected chi connectivity index (χ4v) is 7.92. The van der Waals surface area contributed by atoms with Gasteiger partial charge in [-0.3, -0.25) is 0 Å². The summed E-state index contributed by atoms with van der Waals surface area (Å²) in [7, 11) is 0. The predicted octanol–water partition coefficient (Wildman–Crippen LogP) is 13.9. The molecule has 2 nitrogen and oxygen atoms in total. The number of hydrogen-bond donors (Lipinski definition) is 0. The van der Waals surface area contributed by atoms with E-state index in [1.807, 2.05) is 0 Å². The largest absolute Gasteiger partial charge is 0.311 e. The molecule has 0 saturated heterocycles. The molecule has 0 amide bonds. The van der Waals surface area contributed by atoms with Gasteiger partial charge in [0.15, 0.2) is 0 Å². The molecule has 0 atom stereocenters. The Morgan fingerprint density at radius 1 is 0.308 bits per heavy atom. The number of hydrogen-bond acceptors (Lipinski definition) is 1. The molecule has 10 aromatic rings. The van der Waals surface area contributed by atoms with Crippen molar-refractivity contribution in [3.05, 3.63) is 206 Å². The molecule has 1 aromatic heterocycles. The van der Waals surface area contributed by atoms with Crippen LogP contribution >= 0.6 is 0 Å². The van der Waals surface area contributed by atoms with E-state index < -0.39 is 0 Å². The van der Waals surface area contributed by atoms with Gasteiger partial charge in [0.2, 0.25) is 0 Å². The lowest BCUT2D eigenvalue weighted by Gasteiger charge is -2.26. The summed E-state index contributed by atoms with van der Waals surface area (Å²) < 4.78 is 2.38. The van der Waals surface area contributed by atoms with Crippen molar-refractivity contribution in [2.75, 3.05) is 4.90 Å². The maximum absolute atomic E-state index is 2.38. The van der Waals surface area contributed by atoms with Crippen molar-refractivity contribution >= 4 is 60.4 Å². The summed E-state index contributed by atoms with van der Waals surface area (Å²) in [6, 6.07) is 74.6. The Kier molecular flexibility index (Phi) is 7.18. The molecular formula is C50H34N2. The van der Waals surface area contributed by atoms with Crippen LogP contribution in [0.15, 0.2) is 206 Å². The summed E-state index contributed by atoms with van der Waals surface area (Å²) >= 11 is 0. The quantitative estimate of drug-likeness (QED) is 0.161. The minimum Gasteiger partial charge on any atom is -0.311 e. The topological polar surface area (TPSA) is 8.17 Å². The zero-order chi connectivity index (χ0) is 34.4. The highest BCUT2D eigenvalue weighted by Crippen LogP contribution is 2.40. The van der Waals surface area contributed by atoms with Crippen LogP contribution in [0.4, 0.5) is 17.1 Å². The second kappa shape index (κ2) is 12.5. The number of rotatable bonds is 6. The Hall–Kier alpha value is -6.90. The van der Waals surface area contributed by atoms with Crippen LogP contribution in [-0.4, -0.2) is 4.57 Å². The van der Waals surface area contributed by atoms with E-state index >= 15 is 0 Å². The van der Waals surface area contributed by atoms with Crippen LogP contribution in [0.2, 0.25) is 0 Å². The van der Waals surface area contributed by atoms with Crippen LogP contribution in [0, 0.1) is 0 Å². The molecule has 10 rings (SSSR count). The van der Waals surface area contributed by atoms with Crippen LogP contribution in [0.5, 0.6) is 0 Å². The van der Waals surface area contributed by atoms with Gasteiger partial charge in [-0.15, -0.1) is 0 Å². The third-order valence-corrected chi connectivity index (χ3v) is 10.4. The molecule has 0 spiro atoms. The van der Waals surface area contributed by atoms with E-state index in [-0.39, 0.29) is 0 Å². The summed E-state index contributed by atoms with van der Waals surface area (Å²) in [6.45, 7) is 0. The first-order valence-electron chi connectivity index (χ1n) is 17.9. The van der Waals surface area contributed by atoms with Gasteiger partial charge in [-0.25, -0.2) is 0 Å². The molecule has 244 valence electrons.